The first-order chi connectivity index (χ1) is 12.0. The van der Waals surface area contributed by atoms with Gasteiger partial charge in [-0.05, 0) is 17.7 Å². The van der Waals surface area contributed by atoms with E-state index in [1.165, 1.54) is 33.5 Å². The van der Waals surface area contributed by atoms with Gasteiger partial charge in [-0.2, -0.15) is 0 Å². The summed E-state index contributed by atoms with van der Waals surface area (Å²) < 4.78 is 21.3. The maximum Gasteiger partial charge on any atom is 0.201 e. The summed E-state index contributed by atoms with van der Waals surface area (Å²) in [7, 11) is 4.20. The number of carbonyl (C=O) groups is 1. The number of aromatic hydroxyl groups is 2. The number of phenolic OH excluding ortho intramolecular Hbond substituents is 2. The van der Waals surface area contributed by atoms with Crippen LogP contribution in [0.25, 0.3) is 0 Å². The van der Waals surface area contributed by atoms with Gasteiger partial charge in [-0.25, -0.2) is 0 Å². The lowest BCUT2D eigenvalue weighted by molar-refractivity contribution is 0.0842. The molecule has 1 heterocycles. The lowest BCUT2D eigenvalue weighted by Gasteiger charge is -2.27. The molecule has 0 aromatic heterocycles. The van der Waals surface area contributed by atoms with Crippen molar-refractivity contribution in [2.45, 2.75) is 12.5 Å². The molecule has 2 N–H and O–H groups in total. The van der Waals surface area contributed by atoms with E-state index >= 15 is 0 Å². The second-order valence-electron chi connectivity index (χ2n) is 5.50. The number of phenols is 2. The van der Waals surface area contributed by atoms with Crippen LogP contribution in [-0.4, -0.2) is 37.3 Å². The summed E-state index contributed by atoms with van der Waals surface area (Å²) in [5.41, 5.74) is 0.863. The van der Waals surface area contributed by atoms with Gasteiger partial charge in [-0.3, -0.25) is 4.79 Å². The van der Waals surface area contributed by atoms with Crippen LogP contribution in [0.2, 0.25) is 0 Å². The quantitative estimate of drug-likeness (QED) is 0.879. The molecule has 0 fully saturated rings. The van der Waals surface area contributed by atoms with Crippen LogP contribution < -0.4 is 18.9 Å². The molecule has 3 rings (SSSR count). The van der Waals surface area contributed by atoms with Gasteiger partial charge in [0, 0.05) is 6.07 Å². The summed E-state index contributed by atoms with van der Waals surface area (Å²) in [4.78, 5) is 12.6. The van der Waals surface area contributed by atoms with E-state index in [1.54, 1.807) is 12.1 Å². The Kier molecular flexibility index (Phi) is 4.31. The minimum Gasteiger partial charge on any atom is -0.504 e. The highest BCUT2D eigenvalue weighted by atomic mass is 16.5. The molecule has 0 unspecified atom stereocenters. The molecule has 0 saturated carbocycles. The standard InChI is InChI=1S/C18H18O7/c1-22-13-6-9(4-5-10(13)19)12-7-11(20)16-14(25-12)8-15(23-2)17(21)18(16)24-3/h4-6,8,12,19,21H,7H2,1-3H3/t12-/m0/s1. The van der Waals surface area contributed by atoms with Crippen molar-refractivity contribution in [2.75, 3.05) is 21.3 Å². The summed E-state index contributed by atoms with van der Waals surface area (Å²) in [6, 6.07) is 6.22. The SMILES string of the molecule is COc1cc([C@@H]2CC(=O)c3c(cc(OC)c(O)c3OC)O2)ccc1O. The molecule has 0 saturated heterocycles. The first-order valence-electron chi connectivity index (χ1n) is 7.54. The number of ether oxygens (including phenoxy) is 4. The predicted molar refractivity (Wildman–Crippen MR) is 88.2 cm³/mol. The third kappa shape index (κ3) is 2.77. The highest BCUT2D eigenvalue weighted by molar-refractivity contribution is 6.03. The number of carbonyl (C=O) groups excluding carboxylic acids is 1. The molecule has 0 amide bonds. The van der Waals surface area contributed by atoms with Gasteiger partial charge in [0.05, 0.1) is 27.8 Å². The van der Waals surface area contributed by atoms with E-state index in [-0.39, 0.29) is 46.5 Å². The number of methoxy groups -OCH3 is 3. The molecule has 7 nitrogen and oxygen atoms in total. The van der Waals surface area contributed by atoms with Gasteiger partial charge in [-0.15, -0.1) is 0 Å². The van der Waals surface area contributed by atoms with Crippen molar-refractivity contribution in [1.29, 1.82) is 0 Å². The molecule has 0 radical (unpaired) electrons. The predicted octanol–water partition coefficient (Wildman–Crippen LogP) is 2.83. The maximum absolute atomic E-state index is 12.6. The van der Waals surface area contributed by atoms with E-state index in [2.05, 4.69) is 0 Å². The zero-order chi connectivity index (χ0) is 18.1. The molecule has 0 spiro atoms. The van der Waals surface area contributed by atoms with Gasteiger partial charge in [0.2, 0.25) is 5.75 Å². The Morgan fingerprint density at radius 3 is 2.40 bits per heavy atom. The molecule has 0 bridgehead atoms. The minimum absolute atomic E-state index is 0.00190. The molecular weight excluding hydrogens is 328 g/mol. The number of rotatable bonds is 4. The molecule has 0 aliphatic carbocycles. The zero-order valence-electron chi connectivity index (χ0n) is 14.0. The number of Topliss-reactive ketones (excluding diaryl/α,β-unsaturated/α-hetero) is 1. The number of ketones is 1. The second-order valence-corrected chi connectivity index (χ2v) is 5.50. The Balaban J connectivity index is 2.05. The van der Waals surface area contributed by atoms with E-state index < -0.39 is 6.10 Å². The zero-order valence-corrected chi connectivity index (χ0v) is 14.0. The van der Waals surface area contributed by atoms with Crippen molar-refractivity contribution in [3.8, 4) is 34.5 Å². The number of hydrogen-bond acceptors (Lipinski definition) is 7. The molecule has 2 aromatic carbocycles. The van der Waals surface area contributed by atoms with Crippen LogP contribution in [0.3, 0.4) is 0 Å². The highest BCUT2D eigenvalue weighted by Crippen LogP contribution is 2.49. The van der Waals surface area contributed by atoms with Crippen LogP contribution >= 0.6 is 0 Å². The maximum atomic E-state index is 12.6. The van der Waals surface area contributed by atoms with Crippen LogP contribution in [0.15, 0.2) is 24.3 Å². The monoisotopic (exact) mass is 346 g/mol. The van der Waals surface area contributed by atoms with Gasteiger partial charge in [0.25, 0.3) is 0 Å². The van der Waals surface area contributed by atoms with Gasteiger partial charge in [0.1, 0.15) is 17.4 Å². The van der Waals surface area contributed by atoms with Gasteiger partial charge < -0.3 is 29.2 Å². The van der Waals surface area contributed by atoms with Crippen LogP contribution in [-0.2, 0) is 0 Å². The summed E-state index contributed by atoms with van der Waals surface area (Å²) in [5.74, 6) is 0.258. The summed E-state index contributed by atoms with van der Waals surface area (Å²) in [5, 5.41) is 19.9. The fourth-order valence-electron chi connectivity index (χ4n) is 2.86. The van der Waals surface area contributed by atoms with E-state index in [1.807, 2.05) is 0 Å². The van der Waals surface area contributed by atoms with E-state index in [4.69, 9.17) is 18.9 Å². The Morgan fingerprint density at radius 2 is 1.76 bits per heavy atom. The Hall–Kier alpha value is -3.09. The first kappa shape index (κ1) is 16.8. The first-order valence-corrected chi connectivity index (χ1v) is 7.54. The van der Waals surface area contributed by atoms with Crippen molar-refractivity contribution >= 4 is 5.78 Å². The summed E-state index contributed by atoms with van der Waals surface area (Å²) >= 11 is 0. The third-order valence-corrected chi connectivity index (χ3v) is 4.10. The molecule has 1 atom stereocenters. The molecule has 25 heavy (non-hydrogen) atoms. The van der Waals surface area contributed by atoms with Crippen LogP contribution in [0.4, 0.5) is 0 Å². The molecule has 1 aliphatic rings. The Labute approximate surface area is 144 Å². The van der Waals surface area contributed by atoms with Crippen molar-refractivity contribution in [3.05, 3.63) is 35.4 Å². The molecule has 2 aromatic rings. The molecular formula is C18H18O7. The van der Waals surface area contributed by atoms with Gasteiger partial charge >= 0.3 is 0 Å². The third-order valence-electron chi connectivity index (χ3n) is 4.10. The lowest BCUT2D eigenvalue weighted by Crippen LogP contribution is -2.21. The van der Waals surface area contributed by atoms with Crippen LogP contribution in [0.1, 0.15) is 28.4 Å². The Morgan fingerprint density at radius 1 is 1.04 bits per heavy atom. The average molecular weight is 346 g/mol. The number of benzene rings is 2. The normalized spacial score (nSPS) is 16.0. The summed E-state index contributed by atoms with van der Waals surface area (Å²) in [6.07, 6.45) is -0.503. The largest absolute Gasteiger partial charge is 0.504 e. The highest BCUT2D eigenvalue weighted by Gasteiger charge is 2.34. The van der Waals surface area contributed by atoms with Crippen molar-refractivity contribution < 1.29 is 34.0 Å². The van der Waals surface area contributed by atoms with Gasteiger partial charge in [0.15, 0.2) is 28.8 Å². The summed E-state index contributed by atoms with van der Waals surface area (Å²) in [6.45, 7) is 0. The molecule has 1 aliphatic heterocycles. The average Bonchev–Trinajstić information content (AvgIpc) is 2.61. The van der Waals surface area contributed by atoms with Crippen LogP contribution in [0.5, 0.6) is 34.5 Å². The molecule has 132 valence electrons. The van der Waals surface area contributed by atoms with Gasteiger partial charge in [-0.1, -0.05) is 6.07 Å². The minimum atomic E-state index is -0.562. The lowest BCUT2D eigenvalue weighted by atomic mass is 9.95. The van der Waals surface area contributed by atoms with Crippen molar-refractivity contribution in [3.63, 3.8) is 0 Å². The van der Waals surface area contributed by atoms with E-state index in [0.29, 0.717) is 11.3 Å². The number of fused-ring (bicyclic) bond motifs is 1. The van der Waals surface area contributed by atoms with E-state index in [0.717, 1.165) is 0 Å². The fourth-order valence-corrected chi connectivity index (χ4v) is 2.86. The van der Waals surface area contributed by atoms with Crippen molar-refractivity contribution in [1.82, 2.24) is 0 Å². The second kappa shape index (κ2) is 6.43. The Bertz CT molecular complexity index is 829. The number of hydrogen-bond donors (Lipinski definition) is 2. The molecule has 7 heteroatoms. The topological polar surface area (TPSA) is 94.5 Å². The smallest absolute Gasteiger partial charge is 0.201 e. The van der Waals surface area contributed by atoms with E-state index in [9.17, 15) is 15.0 Å². The van der Waals surface area contributed by atoms with Crippen LogP contribution in [0, 0.1) is 0 Å². The fraction of sp³-hybridized carbons (Fsp3) is 0.278. The van der Waals surface area contributed by atoms with Crippen molar-refractivity contribution in [2.24, 2.45) is 0 Å².